The van der Waals surface area contributed by atoms with Crippen LogP contribution in [-0.4, -0.2) is 116 Å². The Morgan fingerprint density at radius 1 is 0.884 bits per heavy atom. The van der Waals surface area contributed by atoms with Gasteiger partial charge in [0.2, 0.25) is 17.5 Å². The first-order chi connectivity index (χ1) is 20.4. The maximum atomic E-state index is 13.8. The smallest absolute Gasteiger partial charge is 0.239 e. The molecule has 8 N–H and O–H groups in total. The number of methoxy groups -OCH3 is 1. The van der Waals surface area contributed by atoms with Crippen LogP contribution >= 0.6 is 0 Å². The Bertz CT molecular complexity index is 1510. The van der Waals surface area contributed by atoms with Crippen molar-refractivity contribution in [3.63, 3.8) is 0 Å². The summed E-state index contributed by atoms with van der Waals surface area (Å²) in [5, 5.41) is 82.5. The number of benzene rings is 2. The highest BCUT2D eigenvalue weighted by Crippen LogP contribution is 2.38. The molecule has 2 saturated heterocycles. The second-order valence-electron chi connectivity index (χ2n) is 10.3. The number of hydrogen-bond donors (Lipinski definition) is 8. The molecule has 5 rings (SSSR count). The number of hydrogen-bond acceptors (Lipinski definition) is 15. The van der Waals surface area contributed by atoms with Crippen molar-refractivity contribution in [3.8, 4) is 34.3 Å². The zero-order valence-electron chi connectivity index (χ0n) is 22.9. The number of aliphatic hydroxyl groups excluding tert-OH is 6. The first-order valence-corrected chi connectivity index (χ1v) is 13.3. The zero-order chi connectivity index (χ0) is 31.2. The van der Waals surface area contributed by atoms with E-state index in [1.807, 2.05) is 0 Å². The number of rotatable bonds is 7. The minimum absolute atomic E-state index is 0.103. The fourth-order valence-corrected chi connectivity index (χ4v) is 5.01. The Labute approximate surface area is 243 Å². The molecular formula is C28H32O15. The van der Waals surface area contributed by atoms with Crippen molar-refractivity contribution >= 4 is 11.0 Å². The summed E-state index contributed by atoms with van der Waals surface area (Å²) in [6.45, 7) is 0.611. The average Bonchev–Trinajstić information content (AvgIpc) is 2.98. The molecule has 0 aliphatic carbocycles. The number of ether oxygens (including phenoxy) is 5. The van der Waals surface area contributed by atoms with E-state index in [1.54, 1.807) is 0 Å². The molecule has 2 aliphatic rings. The van der Waals surface area contributed by atoms with E-state index in [9.17, 15) is 45.6 Å². The molecular weight excluding hydrogens is 576 g/mol. The third kappa shape index (κ3) is 5.74. The summed E-state index contributed by atoms with van der Waals surface area (Å²) in [5.41, 5.74) is -0.862. The molecule has 43 heavy (non-hydrogen) atoms. The molecule has 0 spiro atoms. The van der Waals surface area contributed by atoms with Crippen molar-refractivity contribution in [2.75, 3.05) is 13.7 Å². The van der Waals surface area contributed by atoms with E-state index < -0.39 is 84.9 Å². The summed E-state index contributed by atoms with van der Waals surface area (Å²) in [5.74, 6) is -1.36. The van der Waals surface area contributed by atoms with Gasteiger partial charge in [0.25, 0.3) is 0 Å². The van der Waals surface area contributed by atoms with Gasteiger partial charge in [-0.05, 0) is 19.1 Å². The largest absolute Gasteiger partial charge is 0.508 e. The molecule has 3 aromatic rings. The van der Waals surface area contributed by atoms with Gasteiger partial charge in [-0.15, -0.1) is 0 Å². The molecule has 15 nitrogen and oxygen atoms in total. The zero-order valence-corrected chi connectivity index (χ0v) is 22.9. The number of fused-ring (bicyclic) bond motifs is 1. The van der Waals surface area contributed by atoms with Crippen LogP contribution < -0.4 is 14.9 Å². The number of aromatic hydroxyl groups is 2. The summed E-state index contributed by atoms with van der Waals surface area (Å²) >= 11 is 0. The second-order valence-corrected chi connectivity index (χ2v) is 10.3. The van der Waals surface area contributed by atoms with E-state index in [2.05, 4.69) is 0 Å². The van der Waals surface area contributed by atoms with E-state index in [-0.39, 0.29) is 33.8 Å². The fraction of sp³-hybridized carbons (Fsp3) is 0.464. The SMILES string of the molecule is COc1cc(O)c2c(=O)c(O[C@@H]3O[C@H](CO)[C@@H](O)[C@H](O)[C@@H]3O[C@@H]3O[C@H](C)[C@H](O)[C@@H](O)[C@@H]3O)c(-c3cccc(O)c3)oc2c1. The van der Waals surface area contributed by atoms with Gasteiger partial charge in [-0.2, -0.15) is 0 Å². The predicted octanol–water partition coefficient (Wildman–Crippen LogP) is -1.09. The molecule has 2 aromatic carbocycles. The molecule has 0 unspecified atom stereocenters. The second kappa shape index (κ2) is 12.2. The monoisotopic (exact) mass is 608 g/mol. The lowest BCUT2D eigenvalue weighted by molar-refractivity contribution is -0.354. The Balaban J connectivity index is 1.61. The van der Waals surface area contributed by atoms with Crippen LogP contribution in [-0.2, 0) is 14.2 Å². The number of phenolic OH excluding ortho intramolecular Hbond substituents is 2. The first-order valence-electron chi connectivity index (χ1n) is 13.3. The molecule has 3 heterocycles. The van der Waals surface area contributed by atoms with Crippen LogP contribution in [0.3, 0.4) is 0 Å². The molecule has 0 saturated carbocycles. The third-order valence-electron chi connectivity index (χ3n) is 7.41. The van der Waals surface area contributed by atoms with Gasteiger partial charge in [-0.3, -0.25) is 4.79 Å². The summed E-state index contributed by atoms with van der Waals surface area (Å²) < 4.78 is 33.9. The highest BCUT2D eigenvalue weighted by Gasteiger charge is 2.51. The lowest BCUT2D eigenvalue weighted by atomic mass is 9.97. The van der Waals surface area contributed by atoms with Crippen LogP contribution in [0, 0.1) is 0 Å². The maximum Gasteiger partial charge on any atom is 0.239 e. The van der Waals surface area contributed by atoms with E-state index in [4.69, 9.17) is 28.1 Å². The Morgan fingerprint density at radius 3 is 2.30 bits per heavy atom. The molecule has 15 heteroatoms. The van der Waals surface area contributed by atoms with Crippen LogP contribution in [0.5, 0.6) is 23.0 Å². The molecule has 0 bridgehead atoms. The summed E-state index contributed by atoms with van der Waals surface area (Å²) in [6, 6.07) is 8.11. The van der Waals surface area contributed by atoms with Gasteiger partial charge in [0.15, 0.2) is 18.2 Å². The Hall–Kier alpha value is -3.51. The van der Waals surface area contributed by atoms with Gasteiger partial charge in [-0.1, -0.05) is 12.1 Å². The molecule has 2 aliphatic heterocycles. The first kappa shape index (κ1) is 30.9. The van der Waals surface area contributed by atoms with E-state index in [0.717, 1.165) is 0 Å². The molecule has 1 aromatic heterocycles. The van der Waals surface area contributed by atoms with E-state index >= 15 is 0 Å². The van der Waals surface area contributed by atoms with Crippen molar-refractivity contribution < 1.29 is 69.0 Å². The van der Waals surface area contributed by atoms with Crippen molar-refractivity contribution in [3.05, 3.63) is 46.6 Å². The number of aliphatic hydroxyl groups is 6. The maximum absolute atomic E-state index is 13.8. The standard InChI is InChI=1S/C28H32O15/c1-10-18(32)21(35)23(37)27(39-10)43-26-22(36)19(33)16(9-29)41-28(26)42-25-20(34)17-14(31)7-13(38-2)8-15(17)40-24(25)11-4-3-5-12(30)6-11/h3-8,10,16,18-19,21-23,26-33,35-37H,9H2,1-2H3/t10-,16-,18+,19-,21-,22+,23+,26+,27+,28+/m1/s1. The average molecular weight is 609 g/mol. The highest BCUT2D eigenvalue weighted by molar-refractivity contribution is 5.88. The predicted molar refractivity (Wildman–Crippen MR) is 143 cm³/mol. The lowest BCUT2D eigenvalue weighted by Crippen LogP contribution is -2.64. The van der Waals surface area contributed by atoms with Crippen LogP contribution in [0.25, 0.3) is 22.3 Å². The van der Waals surface area contributed by atoms with Gasteiger partial charge in [0.1, 0.15) is 64.8 Å². The molecule has 2 fully saturated rings. The highest BCUT2D eigenvalue weighted by atomic mass is 16.8. The summed E-state index contributed by atoms with van der Waals surface area (Å²) in [6.07, 6.45) is -16.2. The Kier molecular flexibility index (Phi) is 8.80. The normalized spacial score (nSPS) is 32.9. The molecule has 10 atom stereocenters. The minimum Gasteiger partial charge on any atom is -0.508 e. The van der Waals surface area contributed by atoms with Gasteiger partial charge >= 0.3 is 0 Å². The quantitative estimate of drug-likeness (QED) is 0.159. The summed E-state index contributed by atoms with van der Waals surface area (Å²) in [7, 11) is 1.34. The van der Waals surface area contributed by atoms with Crippen molar-refractivity contribution in [1.29, 1.82) is 0 Å². The minimum atomic E-state index is -1.86. The van der Waals surface area contributed by atoms with Crippen LogP contribution in [0.2, 0.25) is 0 Å². The van der Waals surface area contributed by atoms with E-state index in [1.165, 1.54) is 50.4 Å². The van der Waals surface area contributed by atoms with Crippen molar-refractivity contribution in [2.45, 2.75) is 68.3 Å². The van der Waals surface area contributed by atoms with Crippen molar-refractivity contribution in [1.82, 2.24) is 0 Å². The molecule has 0 amide bonds. The van der Waals surface area contributed by atoms with Gasteiger partial charge in [0, 0.05) is 17.7 Å². The van der Waals surface area contributed by atoms with Gasteiger partial charge < -0.3 is 69.0 Å². The lowest BCUT2D eigenvalue weighted by Gasteiger charge is -2.45. The van der Waals surface area contributed by atoms with Gasteiger partial charge in [0.05, 0.1) is 19.8 Å². The van der Waals surface area contributed by atoms with Gasteiger partial charge in [-0.25, -0.2) is 0 Å². The summed E-state index contributed by atoms with van der Waals surface area (Å²) in [4.78, 5) is 13.8. The third-order valence-corrected chi connectivity index (χ3v) is 7.41. The fourth-order valence-electron chi connectivity index (χ4n) is 5.01. The topological polar surface area (TPSA) is 238 Å². The van der Waals surface area contributed by atoms with Crippen LogP contribution in [0.4, 0.5) is 0 Å². The Morgan fingerprint density at radius 2 is 1.63 bits per heavy atom. The molecule has 234 valence electrons. The van der Waals surface area contributed by atoms with Crippen LogP contribution in [0.15, 0.2) is 45.6 Å². The molecule has 0 radical (unpaired) electrons. The van der Waals surface area contributed by atoms with E-state index in [0.29, 0.717) is 0 Å². The van der Waals surface area contributed by atoms with Crippen LogP contribution in [0.1, 0.15) is 6.92 Å². The number of phenols is 2. The van der Waals surface area contributed by atoms with Crippen molar-refractivity contribution in [2.24, 2.45) is 0 Å².